The Balaban J connectivity index is 1.89. The molecule has 0 amide bonds. The van der Waals surface area contributed by atoms with Crippen molar-refractivity contribution in [2.24, 2.45) is 0 Å². The van der Waals surface area contributed by atoms with E-state index in [0.717, 1.165) is 10.2 Å². The van der Waals surface area contributed by atoms with Gasteiger partial charge >= 0.3 is 0 Å². The van der Waals surface area contributed by atoms with E-state index >= 15 is 0 Å². The molecule has 3 aromatic rings. The maximum absolute atomic E-state index is 5.63. The minimum Gasteiger partial charge on any atom is -0.467 e. The van der Waals surface area contributed by atoms with Gasteiger partial charge in [-0.25, -0.2) is 0 Å². The van der Waals surface area contributed by atoms with E-state index in [1.807, 2.05) is 18.2 Å². The summed E-state index contributed by atoms with van der Waals surface area (Å²) in [5.41, 5.74) is 1.20. The van der Waals surface area contributed by atoms with Gasteiger partial charge in [0.25, 0.3) is 0 Å². The molecule has 0 aliphatic carbocycles. The van der Waals surface area contributed by atoms with Crippen LogP contribution in [0.2, 0.25) is 0 Å². The molecule has 108 valence electrons. The van der Waals surface area contributed by atoms with Crippen molar-refractivity contribution in [3.8, 4) is 0 Å². The van der Waals surface area contributed by atoms with E-state index < -0.39 is 0 Å². The van der Waals surface area contributed by atoms with Crippen molar-refractivity contribution in [3.63, 3.8) is 0 Å². The van der Waals surface area contributed by atoms with E-state index in [4.69, 9.17) is 4.42 Å². The molecule has 0 fully saturated rings. The Labute approximate surface area is 136 Å². The Morgan fingerprint density at radius 1 is 1.10 bits per heavy atom. The van der Waals surface area contributed by atoms with Crippen LogP contribution in [0.1, 0.15) is 35.2 Å². The Hall–Kier alpha value is -1.36. The standard InChI is InChI=1S/C17H16BrNOS/c1-12(17-14(18)9-11-21-17)19-16(15-8-5-10-20-15)13-6-3-2-4-7-13/h2-12,16,19H,1H3. The molecule has 21 heavy (non-hydrogen) atoms. The van der Waals surface area contributed by atoms with Gasteiger partial charge in [-0.1, -0.05) is 30.3 Å². The third kappa shape index (κ3) is 3.28. The zero-order valence-corrected chi connectivity index (χ0v) is 14.0. The van der Waals surface area contributed by atoms with E-state index in [9.17, 15) is 0 Å². The van der Waals surface area contributed by atoms with Gasteiger partial charge in [-0.2, -0.15) is 0 Å². The predicted molar refractivity (Wildman–Crippen MR) is 90.6 cm³/mol. The third-order valence-corrected chi connectivity index (χ3v) is 5.47. The lowest BCUT2D eigenvalue weighted by atomic mass is 10.0. The molecular weight excluding hydrogens is 346 g/mol. The van der Waals surface area contributed by atoms with Crippen LogP contribution in [0.3, 0.4) is 0 Å². The minimum absolute atomic E-state index is 0.0465. The van der Waals surface area contributed by atoms with E-state index in [1.54, 1.807) is 17.6 Å². The number of thiophene rings is 1. The largest absolute Gasteiger partial charge is 0.467 e. The maximum Gasteiger partial charge on any atom is 0.125 e. The van der Waals surface area contributed by atoms with Crippen LogP contribution in [0.25, 0.3) is 0 Å². The highest BCUT2D eigenvalue weighted by atomic mass is 79.9. The third-order valence-electron chi connectivity index (χ3n) is 3.42. The maximum atomic E-state index is 5.63. The lowest BCUT2D eigenvalue weighted by Crippen LogP contribution is -2.25. The second kappa shape index (κ2) is 6.60. The van der Waals surface area contributed by atoms with E-state index in [0.29, 0.717) is 0 Å². The van der Waals surface area contributed by atoms with Crippen molar-refractivity contribution in [1.82, 2.24) is 5.32 Å². The molecule has 0 aliphatic rings. The molecule has 2 heterocycles. The molecule has 4 heteroatoms. The number of hydrogen-bond acceptors (Lipinski definition) is 3. The molecule has 0 bridgehead atoms. The van der Waals surface area contributed by atoms with E-state index in [2.05, 4.69) is 63.9 Å². The van der Waals surface area contributed by atoms with E-state index in [-0.39, 0.29) is 12.1 Å². The number of hydrogen-bond donors (Lipinski definition) is 1. The Morgan fingerprint density at radius 2 is 1.90 bits per heavy atom. The first-order valence-corrected chi connectivity index (χ1v) is 8.50. The van der Waals surface area contributed by atoms with Gasteiger partial charge in [0.15, 0.2) is 0 Å². The molecule has 1 N–H and O–H groups in total. The highest BCUT2D eigenvalue weighted by Crippen LogP contribution is 2.32. The Bertz CT molecular complexity index is 678. The second-order valence-electron chi connectivity index (χ2n) is 4.88. The molecule has 0 radical (unpaired) electrons. The summed E-state index contributed by atoms with van der Waals surface area (Å²) in [6.45, 7) is 2.18. The van der Waals surface area contributed by atoms with Gasteiger partial charge in [0, 0.05) is 15.4 Å². The zero-order chi connectivity index (χ0) is 14.7. The molecule has 0 saturated heterocycles. The molecule has 1 aromatic carbocycles. The van der Waals surface area contributed by atoms with Gasteiger partial charge in [-0.3, -0.25) is 5.32 Å². The fourth-order valence-corrected chi connectivity index (χ4v) is 4.12. The lowest BCUT2D eigenvalue weighted by molar-refractivity contribution is 0.421. The van der Waals surface area contributed by atoms with Crippen molar-refractivity contribution in [1.29, 1.82) is 0 Å². The summed E-state index contributed by atoms with van der Waals surface area (Å²) in [6, 6.07) is 16.7. The number of rotatable bonds is 5. The van der Waals surface area contributed by atoms with Crippen LogP contribution < -0.4 is 5.32 Å². The normalized spacial score (nSPS) is 14.0. The predicted octanol–water partition coefficient (Wildman–Crippen LogP) is 5.54. The van der Waals surface area contributed by atoms with Crippen LogP contribution in [0.4, 0.5) is 0 Å². The van der Waals surface area contributed by atoms with Gasteiger partial charge in [0.2, 0.25) is 0 Å². The van der Waals surface area contributed by atoms with Crippen LogP contribution in [-0.2, 0) is 0 Å². The number of benzene rings is 1. The lowest BCUT2D eigenvalue weighted by Gasteiger charge is -2.22. The van der Waals surface area contributed by atoms with Crippen molar-refractivity contribution < 1.29 is 4.42 Å². The average Bonchev–Trinajstić information content (AvgIpc) is 3.17. The summed E-state index contributed by atoms with van der Waals surface area (Å²) in [5, 5.41) is 5.76. The van der Waals surface area contributed by atoms with Crippen LogP contribution in [0.5, 0.6) is 0 Å². The molecule has 2 atom stereocenters. The van der Waals surface area contributed by atoms with E-state index in [1.165, 1.54) is 10.4 Å². The Morgan fingerprint density at radius 3 is 2.52 bits per heavy atom. The van der Waals surface area contributed by atoms with Crippen molar-refractivity contribution in [2.45, 2.75) is 19.0 Å². The first-order chi connectivity index (χ1) is 10.3. The van der Waals surface area contributed by atoms with Crippen LogP contribution in [0.15, 0.2) is 69.1 Å². The van der Waals surface area contributed by atoms with Gasteiger partial charge < -0.3 is 4.42 Å². The Kier molecular flexibility index (Phi) is 4.58. The fraction of sp³-hybridized carbons (Fsp3) is 0.176. The van der Waals surface area contributed by atoms with Crippen LogP contribution >= 0.6 is 27.3 Å². The van der Waals surface area contributed by atoms with Gasteiger partial charge in [0.1, 0.15) is 5.76 Å². The highest BCUT2D eigenvalue weighted by molar-refractivity contribution is 9.10. The molecule has 0 spiro atoms. The SMILES string of the molecule is CC(NC(c1ccccc1)c1ccco1)c1sccc1Br. The summed E-state index contributed by atoms with van der Waals surface area (Å²) >= 11 is 5.36. The summed E-state index contributed by atoms with van der Waals surface area (Å²) < 4.78 is 6.78. The fourth-order valence-electron chi connectivity index (χ4n) is 2.38. The smallest absolute Gasteiger partial charge is 0.125 e. The summed E-state index contributed by atoms with van der Waals surface area (Å²) in [5.74, 6) is 0.931. The topological polar surface area (TPSA) is 25.2 Å². The first-order valence-electron chi connectivity index (χ1n) is 6.83. The van der Waals surface area contributed by atoms with Crippen molar-refractivity contribution in [2.75, 3.05) is 0 Å². The monoisotopic (exact) mass is 361 g/mol. The van der Waals surface area contributed by atoms with Crippen molar-refractivity contribution >= 4 is 27.3 Å². The number of nitrogens with one attached hydrogen (secondary N) is 1. The van der Waals surface area contributed by atoms with Gasteiger partial charge in [0.05, 0.1) is 12.3 Å². The van der Waals surface area contributed by atoms with Crippen LogP contribution in [-0.4, -0.2) is 0 Å². The number of halogens is 1. The number of furan rings is 1. The second-order valence-corrected chi connectivity index (χ2v) is 6.68. The molecular formula is C17H16BrNOS. The summed E-state index contributed by atoms with van der Waals surface area (Å²) in [6.07, 6.45) is 1.72. The van der Waals surface area contributed by atoms with Crippen LogP contribution in [0, 0.1) is 0 Å². The first kappa shape index (κ1) is 14.6. The minimum atomic E-state index is 0.0465. The molecule has 3 rings (SSSR count). The molecule has 0 saturated carbocycles. The summed E-state index contributed by atoms with van der Waals surface area (Å²) in [4.78, 5) is 1.29. The molecule has 0 aliphatic heterocycles. The van der Waals surface area contributed by atoms with Gasteiger partial charge in [-0.15, -0.1) is 11.3 Å². The summed E-state index contributed by atoms with van der Waals surface area (Å²) in [7, 11) is 0. The molecule has 2 unspecified atom stereocenters. The molecule has 2 nitrogen and oxygen atoms in total. The quantitative estimate of drug-likeness (QED) is 0.644. The van der Waals surface area contributed by atoms with Gasteiger partial charge in [-0.05, 0) is 52.0 Å². The average molecular weight is 362 g/mol. The van der Waals surface area contributed by atoms with Crippen molar-refractivity contribution in [3.05, 3.63) is 80.8 Å². The zero-order valence-electron chi connectivity index (χ0n) is 11.6. The highest BCUT2D eigenvalue weighted by Gasteiger charge is 2.21. The molecule has 2 aromatic heterocycles.